The second-order valence-corrected chi connectivity index (χ2v) is 5.05. The van der Waals surface area contributed by atoms with Crippen molar-refractivity contribution in [1.82, 2.24) is 4.81 Å². The third-order valence-corrected chi connectivity index (χ3v) is 2.56. The molecule has 4 heteroatoms. The van der Waals surface area contributed by atoms with E-state index in [4.69, 9.17) is 9.92 Å². The topological polar surface area (TPSA) is 36.3 Å². The van der Waals surface area contributed by atoms with E-state index in [-0.39, 0.29) is 7.05 Å². The van der Waals surface area contributed by atoms with Gasteiger partial charge in [0, 0.05) is 6.61 Å². The lowest BCUT2D eigenvalue weighted by Gasteiger charge is -2.37. The number of hydrogen-bond donors (Lipinski definition) is 0. The minimum atomic E-state index is 0.105. The van der Waals surface area contributed by atoms with Crippen LogP contribution in [0.3, 0.4) is 0 Å². The Balaban J connectivity index is 4.53. The van der Waals surface area contributed by atoms with Gasteiger partial charge in [0.05, 0.1) is 12.5 Å². The van der Waals surface area contributed by atoms with Crippen molar-refractivity contribution in [2.75, 3.05) is 6.61 Å². The SMILES string of the molecule is CC(C)B(OCCC#N)N(C(C)C)C(C)C. The van der Waals surface area contributed by atoms with Crippen LogP contribution >= 0.6 is 0 Å². The van der Waals surface area contributed by atoms with Gasteiger partial charge < -0.3 is 9.47 Å². The Morgan fingerprint density at radius 2 is 1.62 bits per heavy atom. The van der Waals surface area contributed by atoms with Crippen LogP contribution in [0.15, 0.2) is 0 Å². The van der Waals surface area contributed by atoms with Gasteiger partial charge in [-0.15, -0.1) is 0 Å². The first-order valence-corrected chi connectivity index (χ1v) is 6.17. The molecule has 0 saturated carbocycles. The van der Waals surface area contributed by atoms with E-state index in [9.17, 15) is 0 Å². The van der Waals surface area contributed by atoms with Gasteiger partial charge in [0.1, 0.15) is 0 Å². The third kappa shape index (κ3) is 5.00. The molecular weight excluding hydrogens is 199 g/mol. The van der Waals surface area contributed by atoms with Gasteiger partial charge in [-0.25, -0.2) is 0 Å². The molecule has 16 heavy (non-hydrogen) atoms. The van der Waals surface area contributed by atoms with Gasteiger partial charge in [-0.2, -0.15) is 5.26 Å². The first-order chi connectivity index (χ1) is 7.41. The molecule has 0 bridgehead atoms. The summed E-state index contributed by atoms with van der Waals surface area (Å²) >= 11 is 0. The molecule has 0 aromatic carbocycles. The lowest BCUT2D eigenvalue weighted by Crippen LogP contribution is -2.51. The van der Waals surface area contributed by atoms with Crippen LogP contribution in [0.1, 0.15) is 48.0 Å². The smallest absolute Gasteiger partial charge is 0.385 e. The highest BCUT2D eigenvalue weighted by molar-refractivity contribution is 6.50. The standard InChI is InChI=1S/C12H25BN2O/c1-10(2)13(16-9-7-8-14)15(11(3)4)12(5)6/h10-12H,7,9H2,1-6H3. The molecular formula is C12H25BN2O. The van der Waals surface area contributed by atoms with Crippen molar-refractivity contribution in [2.45, 2.75) is 65.9 Å². The molecule has 0 aromatic heterocycles. The number of nitrogens with zero attached hydrogens (tertiary/aromatic N) is 2. The molecule has 0 rings (SSSR count). The summed E-state index contributed by atoms with van der Waals surface area (Å²) in [5.41, 5.74) is 0. The summed E-state index contributed by atoms with van der Waals surface area (Å²) < 4.78 is 5.83. The van der Waals surface area contributed by atoms with Gasteiger partial charge in [0.25, 0.3) is 0 Å². The zero-order valence-corrected chi connectivity index (χ0v) is 11.5. The molecule has 3 nitrogen and oxygen atoms in total. The average Bonchev–Trinajstić information content (AvgIpc) is 2.14. The van der Waals surface area contributed by atoms with Crippen LogP contribution in [0, 0.1) is 11.3 Å². The van der Waals surface area contributed by atoms with Crippen LogP contribution in [-0.2, 0) is 4.65 Å². The molecule has 0 amide bonds. The summed E-state index contributed by atoms with van der Waals surface area (Å²) in [5.74, 6) is 0.434. The van der Waals surface area contributed by atoms with E-state index in [1.807, 2.05) is 0 Å². The number of hydrogen-bond acceptors (Lipinski definition) is 3. The molecule has 0 saturated heterocycles. The number of rotatable bonds is 7. The predicted octanol–water partition coefficient (Wildman–Crippen LogP) is 2.93. The Morgan fingerprint density at radius 1 is 1.12 bits per heavy atom. The van der Waals surface area contributed by atoms with Gasteiger partial charge in [-0.05, 0) is 17.9 Å². The quantitative estimate of drug-likeness (QED) is 0.492. The van der Waals surface area contributed by atoms with E-state index in [2.05, 4.69) is 52.4 Å². The maximum Gasteiger partial charge on any atom is 0.385 e. The van der Waals surface area contributed by atoms with Gasteiger partial charge in [-0.3, -0.25) is 0 Å². The Labute approximate surface area is 101 Å². The van der Waals surface area contributed by atoms with Crippen molar-refractivity contribution >= 4 is 7.05 Å². The van der Waals surface area contributed by atoms with Crippen molar-refractivity contribution in [3.05, 3.63) is 0 Å². The van der Waals surface area contributed by atoms with Gasteiger partial charge >= 0.3 is 7.05 Å². The van der Waals surface area contributed by atoms with Gasteiger partial charge in [0.15, 0.2) is 0 Å². The van der Waals surface area contributed by atoms with Crippen LogP contribution in [0.4, 0.5) is 0 Å². The predicted molar refractivity (Wildman–Crippen MR) is 69.1 cm³/mol. The van der Waals surface area contributed by atoms with E-state index < -0.39 is 0 Å². The molecule has 0 radical (unpaired) electrons. The molecule has 92 valence electrons. The highest BCUT2D eigenvalue weighted by Crippen LogP contribution is 2.19. The molecule has 0 fully saturated rings. The van der Waals surface area contributed by atoms with Crippen molar-refractivity contribution in [1.29, 1.82) is 5.26 Å². The maximum atomic E-state index is 8.53. The molecule has 0 N–H and O–H groups in total. The van der Waals surface area contributed by atoms with E-state index >= 15 is 0 Å². The summed E-state index contributed by atoms with van der Waals surface area (Å²) in [6, 6.07) is 3.02. The van der Waals surface area contributed by atoms with Crippen LogP contribution in [-0.4, -0.2) is 30.6 Å². The highest BCUT2D eigenvalue weighted by atomic mass is 16.4. The zero-order chi connectivity index (χ0) is 12.7. The number of nitriles is 1. The molecule has 0 unspecified atom stereocenters. The molecule has 0 spiro atoms. The minimum absolute atomic E-state index is 0.105. The fourth-order valence-electron chi connectivity index (χ4n) is 2.03. The molecule has 0 heterocycles. The Bertz CT molecular complexity index is 216. The van der Waals surface area contributed by atoms with Crippen LogP contribution in [0.2, 0.25) is 5.82 Å². The van der Waals surface area contributed by atoms with E-state index in [1.165, 1.54) is 0 Å². The first-order valence-electron chi connectivity index (χ1n) is 6.17. The van der Waals surface area contributed by atoms with Crippen molar-refractivity contribution in [3.8, 4) is 6.07 Å². The largest absolute Gasteiger partial charge is 0.420 e. The minimum Gasteiger partial charge on any atom is -0.420 e. The average molecular weight is 224 g/mol. The summed E-state index contributed by atoms with van der Waals surface area (Å²) in [6.07, 6.45) is 0.466. The highest BCUT2D eigenvalue weighted by Gasteiger charge is 2.32. The summed E-state index contributed by atoms with van der Waals surface area (Å²) in [7, 11) is 0.105. The second kappa shape index (κ2) is 7.70. The monoisotopic (exact) mass is 224 g/mol. The fourth-order valence-corrected chi connectivity index (χ4v) is 2.03. The van der Waals surface area contributed by atoms with Crippen LogP contribution in [0.5, 0.6) is 0 Å². The fraction of sp³-hybridized carbons (Fsp3) is 0.917. The Hall–Kier alpha value is -0.525. The molecule has 0 aromatic rings. The summed E-state index contributed by atoms with van der Waals surface area (Å²) in [4.78, 5) is 2.36. The molecule has 0 aliphatic carbocycles. The van der Waals surface area contributed by atoms with Crippen LogP contribution in [0.25, 0.3) is 0 Å². The third-order valence-electron chi connectivity index (χ3n) is 2.56. The molecule has 0 aliphatic heterocycles. The molecule has 0 aliphatic rings. The lowest BCUT2D eigenvalue weighted by atomic mass is 9.65. The first kappa shape index (κ1) is 15.5. The Morgan fingerprint density at radius 3 is 1.94 bits per heavy atom. The normalized spacial score (nSPS) is 11.6. The van der Waals surface area contributed by atoms with Crippen LogP contribution < -0.4 is 0 Å². The van der Waals surface area contributed by atoms with E-state index in [1.54, 1.807) is 0 Å². The molecule has 0 atom stereocenters. The lowest BCUT2D eigenvalue weighted by molar-refractivity contribution is 0.208. The Kier molecular flexibility index (Phi) is 7.45. The second-order valence-electron chi connectivity index (χ2n) is 5.05. The van der Waals surface area contributed by atoms with Crippen molar-refractivity contribution in [3.63, 3.8) is 0 Å². The maximum absolute atomic E-state index is 8.53. The summed E-state index contributed by atoms with van der Waals surface area (Å²) in [5, 5.41) is 8.53. The van der Waals surface area contributed by atoms with Crippen molar-refractivity contribution < 1.29 is 4.65 Å². The van der Waals surface area contributed by atoms with E-state index in [0.29, 0.717) is 30.9 Å². The van der Waals surface area contributed by atoms with E-state index in [0.717, 1.165) is 0 Å². The zero-order valence-electron chi connectivity index (χ0n) is 11.5. The van der Waals surface area contributed by atoms with Gasteiger partial charge in [0.2, 0.25) is 0 Å². The summed E-state index contributed by atoms with van der Waals surface area (Å²) in [6.45, 7) is 13.6. The van der Waals surface area contributed by atoms with Crippen molar-refractivity contribution in [2.24, 2.45) is 0 Å². The van der Waals surface area contributed by atoms with Gasteiger partial charge in [-0.1, -0.05) is 41.5 Å².